The van der Waals surface area contributed by atoms with Crippen LogP contribution in [-0.4, -0.2) is 28.6 Å². The van der Waals surface area contributed by atoms with Gasteiger partial charge in [0.15, 0.2) is 5.79 Å². The molecule has 1 fully saturated rings. The molecule has 1 aromatic carbocycles. The largest absolute Gasteiger partial charge is 0.348 e. The Labute approximate surface area is 131 Å². The van der Waals surface area contributed by atoms with E-state index in [9.17, 15) is 0 Å². The predicted molar refractivity (Wildman–Crippen MR) is 83.5 cm³/mol. The highest BCUT2D eigenvalue weighted by molar-refractivity contribution is 5.85. The van der Waals surface area contributed by atoms with Crippen LogP contribution in [0.25, 0.3) is 0 Å². The number of aryl methyl sites for hydroxylation is 1. The van der Waals surface area contributed by atoms with Gasteiger partial charge in [-0.15, -0.1) is 12.4 Å². The lowest BCUT2D eigenvalue weighted by Crippen LogP contribution is -2.44. The van der Waals surface area contributed by atoms with Gasteiger partial charge in [-0.2, -0.15) is 0 Å². The molecule has 0 saturated carbocycles. The molecule has 114 valence electrons. The van der Waals surface area contributed by atoms with Crippen LogP contribution in [0.5, 0.6) is 0 Å². The first-order valence-electron chi connectivity index (χ1n) is 7.14. The Morgan fingerprint density at radius 2 is 1.90 bits per heavy atom. The van der Waals surface area contributed by atoms with E-state index in [0.717, 1.165) is 32.5 Å². The zero-order chi connectivity index (χ0) is 13.7. The van der Waals surface area contributed by atoms with E-state index in [4.69, 9.17) is 9.47 Å². The van der Waals surface area contributed by atoms with E-state index in [0.29, 0.717) is 6.54 Å². The van der Waals surface area contributed by atoms with Crippen molar-refractivity contribution in [3.05, 3.63) is 54.6 Å². The minimum absolute atomic E-state index is 0. The molecule has 21 heavy (non-hydrogen) atoms. The molecule has 1 aliphatic rings. The number of rotatable bonds is 5. The first-order valence-corrected chi connectivity index (χ1v) is 7.14. The highest BCUT2D eigenvalue weighted by Crippen LogP contribution is 2.27. The molecule has 1 aromatic heterocycles. The van der Waals surface area contributed by atoms with Crippen molar-refractivity contribution in [2.24, 2.45) is 0 Å². The minimum atomic E-state index is -0.519. The van der Waals surface area contributed by atoms with Crippen molar-refractivity contribution in [1.82, 2.24) is 9.55 Å². The van der Waals surface area contributed by atoms with Crippen molar-refractivity contribution in [3.8, 4) is 0 Å². The van der Waals surface area contributed by atoms with E-state index in [1.807, 2.05) is 23.2 Å². The molecule has 2 heterocycles. The number of aromatic nitrogens is 2. The van der Waals surface area contributed by atoms with Crippen molar-refractivity contribution < 1.29 is 9.47 Å². The third-order valence-electron chi connectivity index (χ3n) is 3.64. The summed E-state index contributed by atoms with van der Waals surface area (Å²) in [5.74, 6) is -0.519. The van der Waals surface area contributed by atoms with Gasteiger partial charge in [0.2, 0.25) is 0 Å². The standard InChI is InChI=1S/C16H20N2O2.ClH/c1-2-5-15(6-3-1)7-8-16(19-11-4-12-20-16)13-18-10-9-17-14-18;/h1-3,5-6,9-10,14H,4,7-8,11-13H2;1H. The molecule has 4 nitrogen and oxygen atoms in total. The molecule has 0 N–H and O–H groups in total. The number of hydrogen-bond acceptors (Lipinski definition) is 3. The van der Waals surface area contributed by atoms with Crippen LogP contribution >= 0.6 is 12.4 Å². The fourth-order valence-electron chi connectivity index (χ4n) is 2.57. The monoisotopic (exact) mass is 308 g/mol. The van der Waals surface area contributed by atoms with E-state index >= 15 is 0 Å². The second kappa shape index (κ2) is 7.59. The molecule has 0 spiro atoms. The van der Waals surface area contributed by atoms with E-state index in [-0.39, 0.29) is 12.4 Å². The fourth-order valence-corrected chi connectivity index (χ4v) is 2.57. The molecule has 3 rings (SSSR count). The lowest BCUT2D eigenvalue weighted by atomic mass is 10.0. The van der Waals surface area contributed by atoms with Gasteiger partial charge in [0.05, 0.1) is 26.1 Å². The number of hydrogen-bond donors (Lipinski definition) is 0. The fraction of sp³-hybridized carbons (Fsp3) is 0.438. The number of ether oxygens (including phenoxy) is 2. The molecule has 0 bridgehead atoms. The maximum Gasteiger partial charge on any atom is 0.186 e. The zero-order valence-electron chi connectivity index (χ0n) is 12.0. The van der Waals surface area contributed by atoms with Crippen molar-refractivity contribution in [3.63, 3.8) is 0 Å². The highest BCUT2D eigenvalue weighted by Gasteiger charge is 2.34. The zero-order valence-corrected chi connectivity index (χ0v) is 12.8. The van der Waals surface area contributed by atoms with Crippen LogP contribution in [0.4, 0.5) is 0 Å². The molecule has 2 aromatic rings. The van der Waals surface area contributed by atoms with E-state index < -0.39 is 5.79 Å². The van der Waals surface area contributed by atoms with Crippen LogP contribution in [0, 0.1) is 0 Å². The number of benzene rings is 1. The van der Waals surface area contributed by atoms with Gasteiger partial charge in [-0.3, -0.25) is 0 Å². The smallest absolute Gasteiger partial charge is 0.186 e. The summed E-state index contributed by atoms with van der Waals surface area (Å²) in [7, 11) is 0. The summed E-state index contributed by atoms with van der Waals surface area (Å²) in [6, 6.07) is 10.5. The summed E-state index contributed by atoms with van der Waals surface area (Å²) in [4.78, 5) is 4.09. The Balaban J connectivity index is 0.00000161. The summed E-state index contributed by atoms with van der Waals surface area (Å²) in [6.45, 7) is 2.23. The summed E-state index contributed by atoms with van der Waals surface area (Å²) < 4.78 is 14.0. The number of imidazole rings is 1. The first-order chi connectivity index (χ1) is 9.86. The SMILES string of the molecule is Cl.c1ccc(CCC2(Cn3ccnc3)OCCCO2)cc1. The quantitative estimate of drug-likeness (QED) is 0.851. The molecule has 0 unspecified atom stereocenters. The molecular formula is C16H21ClN2O2. The van der Waals surface area contributed by atoms with E-state index in [1.54, 1.807) is 6.20 Å². The summed E-state index contributed by atoms with van der Waals surface area (Å²) >= 11 is 0. The summed E-state index contributed by atoms with van der Waals surface area (Å²) in [5.41, 5.74) is 1.32. The van der Waals surface area contributed by atoms with Gasteiger partial charge in [0.25, 0.3) is 0 Å². The van der Waals surface area contributed by atoms with Gasteiger partial charge in [-0.25, -0.2) is 4.98 Å². The molecule has 0 radical (unpaired) electrons. The van der Waals surface area contributed by atoms with Crippen LogP contribution in [0.3, 0.4) is 0 Å². The predicted octanol–water partition coefficient (Wildman–Crippen LogP) is 3.07. The van der Waals surface area contributed by atoms with Crippen molar-refractivity contribution >= 4 is 12.4 Å². The van der Waals surface area contributed by atoms with Crippen molar-refractivity contribution in [2.45, 2.75) is 31.6 Å². The Kier molecular flexibility index (Phi) is 5.79. The normalized spacial score (nSPS) is 17.1. The maximum absolute atomic E-state index is 5.99. The topological polar surface area (TPSA) is 36.3 Å². The van der Waals surface area contributed by atoms with Crippen LogP contribution in [0.1, 0.15) is 18.4 Å². The van der Waals surface area contributed by atoms with E-state index in [1.165, 1.54) is 5.56 Å². The third kappa shape index (κ3) is 4.30. The molecule has 0 atom stereocenters. The summed E-state index contributed by atoms with van der Waals surface area (Å²) in [5, 5.41) is 0. The maximum atomic E-state index is 5.99. The van der Waals surface area contributed by atoms with E-state index in [2.05, 4.69) is 29.2 Å². The van der Waals surface area contributed by atoms with Crippen LogP contribution in [0.2, 0.25) is 0 Å². The Morgan fingerprint density at radius 3 is 2.57 bits per heavy atom. The molecular weight excluding hydrogens is 288 g/mol. The highest BCUT2D eigenvalue weighted by atomic mass is 35.5. The molecule has 5 heteroatoms. The Bertz CT molecular complexity index is 510. The molecule has 1 aliphatic heterocycles. The van der Waals surface area contributed by atoms with Crippen molar-refractivity contribution in [2.75, 3.05) is 13.2 Å². The molecule has 0 aliphatic carbocycles. The lowest BCUT2D eigenvalue weighted by molar-refractivity contribution is -0.276. The average molecular weight is 309 g/mol. The van der Waals surface area contributed by atoms with Gasteiger partial charge in [-0.05, 0) is 18.4 Å². The van der Waals surface area contributed by atoms with Gasteiger partial charge in [-0.1, -0.05) is 30.3 Å². The number of nitrogens with zero attached hydrogens (tertiary/aromatic N) is 2. The van der Waals surface area contributed by atoms with Gasteiger partial charge < -0.3 is 14.0 Å². The van der Waals surface area contributed by atoms with Gasteiger partial charge in [0.1, 0.15) is 0 Å². The molecule has 0 amide bonds. The first kappa shape index (κ1) is 16.0. The van der Waals surface area contributed by atoms with Crippen LogP contribution < -0.4 is 0 Å². The van der Waals surface area contributed by atoms with Crippen LogP contribution in [0.15, 0.2) is 49.1 Å². The van der Waals surface area contributed by atoms with Crippen LogP contribution in [-0.2, 0) is 22.4 Å². The van der Waals surface area contributed by atoms with Crippen molar-refractivity contribution in [1.29, 1.82) is 0 Å². The van der Waals surface area contributed by atoms with Gasteiger partial charge >= 0.3 is 0 Å². The third-order valence-corrected chi connectivity index (χ3v) is 3.64. The Morgan fingerprint density at radius 1 is 1.14 bits per heavy atom. The lowest BCUT2D eigenvalue weighted by Gasteiger charge is -2.37. The Hall–Kier alpha value is -1.36. The second-order valence-electron chi connectivity index (χ2n) is 5.18. The summed E-state index contributed by atoms with van der Waals surface area (Å²) in [6.07, 6.45) is 8.33. The second-order valence-corrected chi connectivity index (χ2v) is 5.18. The molecule has 1 saturated heterocycles. The average Bonchev–Trinajstić information content (AvgIpc) is 3.00. The van der Waals surface area contributed by atoms with Gasteiger partial charge in [0, 0.05) is 18.8 Å². The number of halogens is 1. The minimum Gasteiger partial charge on any atom is -0.348 e.